The molecule has 3 aromatic rings. The molecule has 2 aromatic carbocycles. The van der Waals surface area contributed by atoms with Crippen molar-refractivity contribution in [1.29, 1.82) is 0 Å². The number of nitrogens with zero attached hydrogens (tertiary/aromatic N) is 1. The minimum atomic E-state index is -3.59. The van der Waals surface area contributed by atoms with Crippen LogP contribution in [0.5, 0.6) is 11.5 Å². The molecule has 0 aliphatic carbocycles. The fraction of sp³-hybridized carbons (Fsp3) is 0.261. The molecular formula is C23H25NO6S. The number of sulfone groups is 1. The molecule has 8 heteroatoms. The molecule has 0 unspecified atom stereocenters. The number of methoxy groups -OCH3 is 2. The van der Waals surface area contributed by atoms with Crippen LogP contribution in [-0.4, -0.2) is 47.0 Å². The van der Waals surface area contributed by atoms with Gasteiger partial charge in [0.1, 0.15) is 0 Å². The molecule has 0 saturated heterocycles. The lowest BCUT2D eigenvalue weighted by atomic mass is 10.1. The maximum absolute atomic E-state index is 12.9. The van der Waals surface area contributed by atoms with Crippen LogP contribution >= 0.6 is 0 Å². The minimum absolute atomic E-state index is 0.0364. The second-order valence-electron chi connectivity index (χ2n) is 7.01. The summed E-state index contributed by atoms with van der Waals surface area (Å²) in [6.45, 7) is 0.417. The lowest BCUT2D eigenvalue weighted by Crippen LogP contribution is -2.29. The summed E-state index contributed by atoms with van der Waals surface area (Å²) in [5.41, 5.74) is 1.32. The molecule has 0 saturated carbocycles. The van der Waals surface area contributed by atoms with Gasteiger partial charge in [-0.2, -0.15) is 0 Å². The Bertz CT molecular complexity index is 1140. The van der Waals surface area contributed by atoms with Crippen LogP contribution in [0.25, 0.3) is 0 Å². The highest BCUT2D eigenvalue weighted by molar-refractivity contribution is 7.90. The topological polar surface area (TPSA) is 86.0 Å². The van der Waals surface area contributed by atoms with E-state index in [2.05, 4.69) is 0 Å². The summed E-state index contributed by atoms with van der Waals surface area (Å²) in [5, 5.41) is 0. The third-order valence-corrected chi connectivity index (χ3v) is 6.60. The second-order valence-corrected chi connectivity index (χ2v) is 9.00. The van der Waals surface area contributed by atoms with Crippen LogP contribution in [0, 0.1) is 0 Å². The van der Waals surface area contributed by atoms with Gasteiger partial charge in [0.2, 0.25) is 0 Å². The number of hydrogen-bond acceptors (Lipinski definition) is 6. The fourth-order valence-electron chi connectivity index (χ4n) is 3.16. The van der Waals surface area contributed by atoms with Gasteiger partial charge < -0.3 is 18.8 Å². The monoisotopic (exact) mass is 443 g/mol. The van der Waals surface area contributed by atoms with Gasteiger partial charge in [-0.3, -0.25) is 4.79 Å². The summed E-state index contributed by atoms with van der Waals surface area (Å²) in [6.07, 6.45) is 1.92. The van der Waals surface area contributed by atoms with Crippen molar-refractivity contribution in [3.63, 3.8) is 0 Å². The zero-order valence-corrected chi connectivity index (χ0v) is 18.5. The Balaban J connectivity index is 1.69. The number of carbonyl (C=O) groups is 1. The van der Waals surface area contributed by atoms with E-state index in [1.54, 1.807) is 39.5 Å². The zero-order valence-electron chi connectivity index (χ0n) is 17.7. The number of amides is 1. The third kappa shape index (κ3) is 5.27. The molecule has 1 heterocycles. The highest BCUT2D eigenvalue weighted by atomic mass is 32.2. The molecule has 31 heavy (non-hydrogen) atoms. The van der Waals surface area contributed by atoms with Crippen molar-refractivity contribution in [2.45, 2.75) is 17.1 Å². The molecule has 7 nitrogen and oxygen atoms in total. The fourth-order valence-corrected chi connectivity index (χ4v) is 4.54. The number of ether oxygens (including phenoxy) is 2. The standard InChI is InChI=1S/C23H25NO6S/c1-24(13-11-17-9-10-20(28-2)21(15-17)29-3)23(25)22-18(12-14-30-22)16-31(26,27)19-7-5-4-6-8-19/h4-10,12,14-15H,11,13,16H2,1-3H3. The molecule has 3 rings (SSSR count). The van der Waals surface area contributed by atoms with Crippen LogP contribution in [0.1, 0.15) is 21.7 Å². The van der Waals surface area contributed by atoms with Gasteiger partial charge in [-0.25, -0.2) is 8.42 Å². The van der Waals surface area contributed by atoms with Crippen LogP contribution in [0.3, 0.4) is 0 Å². The van der Waals surface area contributed by atoms with E-state index >= 15 is 0 Å². The van der Waals surface area contributed by atoms with Gasteiger partial charge in [-0.1, -0.05) is 24.3 Å². The molecule has 0 radical (unpaired) electrons. The molecule has 164 valence electrons. The van der Waals surface area contributed by atoms with E-state index in [0.29, 0.717) is 30.0 Å². The molecule has 0 fully saturated rings. The predicted octanol–water partition coefficient (Wildman–Crippen LogP) is 3.59. The van der Waals surface area contributed by atoms with E-state index in [1.165, 1.54) is 29.4 Å². The van der Waals surface area contributed by atoms with Crippen LogP contribution in [0.15, 0.2) is 70.2 Å². The maximum Gasteiger partial charge on any atom is 0.289 e. The highest BCUT2D eigenvalue weighted by Crippen LogP contribution is 2.28. The molecule has 0 aliphatic heterocycles. The first-order valence-electron chi connectivity index (χ1n) is 9.66. The van der Waals surface area contributed by atoms with Crippen LogP contribution in [0.2, 0.25) is 0 Å². The van der Waals surface area contributed by atoms with Crippen molar-refractivity contribution >= 4 is 15.7 Å². The molecule has 0 atom stereocenters. The van der Waals surface area contributed by atoms with Crippen molar-refractivity contribution in [2.75, 3.05) is 27.8 Å². The number of furan rings is 1. The smallest absolute Gasteiger partial charge is 0.289 e. The summed E-state index contributed by atoms with van der Waals surface area (Å²) < 4.78 is 41.3. The Hall–Kier alpha value is -3.26. The second kappa shape index (κ2) is 9.70. The number of likely N-dealkylation sites (N-methyl/N-ethyl adjacent to an activating group) is 1. The average molecular weight is 444 g/mol. The number of rotatable bonds is 9. The SMILES string of the molecule is COc1ccc(CCN(C)C(=O)c2occc2CS(=O)(=O)c2ccccc2)cc1OC. The van der Waals surface area contributed by atoms with Gasteiger partial charge in [0, 0.05) is 19.2 Å². The lowest BCUT2D eigenvalue weighted by molar-refractivity contribution is 0.0764. The van der Waals surface area contributed by atoms with E-state index in [1.807, 2.05) is 18.2 Å². The largest absolute Gasteiger partial charge is 0.493 e. The van der Waals surface area contributed by atoms with E-state index in [-0.39, 0.29) is 22.3 Å². The molecule has 1 amide bonds. The van der Waals surface area contributed by atoms with Gasteiger partial charge >= 0.3 is 0 Å². The maximum atomic E-state index is 12.9. The van der Waals surface area contributed by atoms with Gasteiger partial charge in [-0.15, -0.1) is 0 Å². The first kappa shape index (κ1) is 22.4. The van der Waals surface area contributed by atoms with Crippen molar-refractivity contribution in [3.8, 4) is 11.5 Å². The number of benzene rings is 2. The summed E-state index contributed by atoms with van der Waals surface area (Å²) in [6, 6.07) is 15.3. The highest BCUT2D eigenvalue weighted by Gasteiger charge is 2.24. The van der Waals surface area contributed by atoms with Gasteiger partial charge in [-0.05, 0) is 42.3 Å². The Labute approximate surface area is 182 Å². The Morgan fingerprint density at radius 2 is 1.71 bits per heavy atom. The summed E-state index contributed by atoms with van der Waals surface area (Å²) in [4.78, 5) is 14.6. The lowest BCUT2D eigenvalue weighted by Gasteiger charge is -2.17. The van der Waals surface area contributed by atoms with E-state index < -0.39 is 9.84 Å². The first-order chi connectivity index (χ1) is 14.9. The van der Waals surface area contributed by atoms with E-state index in [0.717, 1.165) is 5.56 Å². The van der Waals surface area contributed by atoms with Crippen molar-refractivity contribution in [2.24, 2.45) is 0 Å². The normalized spacial score (nSPS) is 11.2. The Kier molecular flexibility index (Phi) is 7.02. The number of hydrogen-bond donors (Lipinski definition) is 0. The molecule has 0 bridgehead atoms. The molecule has 0 aliphatic rings. The molecule has 0 N–H and O–H groups in total. The Morgan fingerprint density at radius 3 is 2.39 bits per heavy atom. The summed E-state index contributed by atoms with van der Waals surface area (Å²) in [5.74, 6) is 0.611. The Morgan fingerprint density at radius 1 is 1.00 bits per heavy atom. The first-order valence-corrected chi connectivity index (χ1v) is 11.3. The van der Waals surface area contributed by atoms with E-state index in [4.69, 9.17) is 13.9 Å². The predicted molar refractivity (Wildman–Crippen MR) is 116 cm³/mol. The van der Waals surface area contributed by atoms with Crippen molar-refractivity contribution in [1.82, 2.24) is 4.90 Å². The number of carbonyl (C=O) groups excluding carboxylic acids is 1. The zero-order chi connectivity index (χ0) is 22.4. The van der Waals surface area contributed by atoms with Gasteiger partial charge in [0.25, 0.3) is 5.91 Å². The average Bonchev–Trinajstić information content (AvgIpc) is 3.24. The van der Waals surface area contributed by atoms with Crippen molar-refractivity contribution in [3.05, 3.63) is 77.7 Å². The minimum Gasteiger partial charge on any atom is -0.493 e. The van der Waals surface area contributed by atoms with E-state index in [9.17, 15) is 13.2 Å². The van der Waals surface area contributed by atoms with Crippen LogP contribution in [-0.2, 0) is 22.0 Å². The molecular weight excluding hydrogens is 418 g/mol. The quantitative estimate of drug-likeness (QED) is 0.502. The van der Waals surface area contributed by atoms with Crippen LogP contribution < -0.4 is 9.47 Å². The van der Waals surface area contributed by atoms with Gasteiger partial charge in [0.05, 0.1) is 31.1 Å². The molecule has 1 aromatic heterocycles. The molecule has 0 spiro atoms. The van der Waals surface area contributed by atoms with Crippen LogP contribution in [0.4, 0.5) is 0 Å². The summed E-state index contributed by atoms with van der Waals surface area (Å²) >= 11 is 0. The summed E-state index contributed by atoms with van der Waals surface area (Å²) in [7, 11) is 1.20. The van der Waals surface area contributed by atoms with Gasteiger partial charge in [0.15, 0.2) is 27.1 Å². The van der Waals surface area contributed by atoms with Crippen molar-refractivity contribution < 1.29 is 27.1 Å². The third-order valence-electron chi connectivity index (χ3n) is 4.92.